The topological polar surface area (TPSA) is 32.3 Å². The number of likely N-dealkylation sites (N-methyl/N-ethyl adjacent to an activating group) is 1. The van der Waals surface area contributed by atoms with Gasteiger partial charge in [0.05, 0.1) is 12.1 Å². The van der Waals surface area contributed by atoms with Crippen molar-refractivity contribution in [1.82, 2.24) is 5.32 Å². The van der Waals surface area contributed by atoms with Gasteiger partial charge in [-0.3, -0.25) is 0 Å². The van der Waals surface area contributed by atoms with E-state index in [2.05, 4.69) is 31.3 Å². The van der Waals surface area contributed by atoms with Crippen molar-refractivity contribution in [3.63, 3.8) is 0 Å². The first-order chi connectivity index (χ1) is 8.64. The molecule has 0 aliphatic rings. The summed E-state index contributed by atoms with van der Waals surface area (Å²) in [6, 6.07) is 10.2. The number of benzene rings is 1. The van der Waals surface area contributed by atoms with Gasteiger partial charge in [-0.2, -0.15) is 11.8 Å². The van der Waals surface area contributed by atoms with Gasteiger partial charge in [0, 0.05) is 0 Å². The first kappa shape index (κ1) is 15.5. The average Bonchev–Trinajstić information content (AvgIpc) is 2.40. The fourth-order valence-corrected chi connectivity index (χ4v) is 3.12. The lowest BCUT2D eigenvalue weighted by Crippen LogP contribution is -2.44. The maximum atomic E-state index is 9.77. The van der Waals surface area contributed by atoms with E-state index in [0.29, 0.717) is 0 Å². The molecule has 1 aromatic rings. The van der Waals surface area contributed by atoms with Crippen LogP contribution in [0.1, 0.15) is 25.8 Å². The van der Waals surface area contributed by atoms with E-state index in [1.54, 1.807) is 0 Å². The van der Waals surface area contributed by atoms with Gasteiger partial charge in [-0.1, -0.05) is 44.2 Å². The molecule has 0 fully saturated rings. The van der Waals surface area contributed by atoms with E-state index in [-0.39, 0.29) is 12.1 Å². The molecule has 0 heterocycles. The standard InChI is InChI=1S/C15H25NOS/c1-13(2)11-18-10-9-15(12-17,16-3)14-7-5-4-6-8-14/h4-8,13,16-17H,9-12H2,1-3H3. The Balaban J connectivity index is 2.64. The maximum Gasteiger partial charge on any atom is 0.0674 e. The molecule has 2 nitrogen and oxygen atoms in total. The van der Waals surface area contributed by atoms with Gasteiger partial charge in [0.25, 0.3) is 0 Å². The summed E-state index contributed by atoms with van der Waals surface area (Å²) in [5.41, 5.74) is 0.866. The van der Waals surface area contributed by atoms with Gasteiger partial charge in [0.1, 0.15) is 0 Å². The minimum absolute atomic E-state index is 0.135. The monoisotopic (exact) mass is 267 g/mol. The second kappa shape index (κ2) is 7.82. The van der Waals surface area contributed by atoms with Gasteiger partial charge in [-0.15, -0.1) is 0 Å². The van der Waals surface area contributed by atoms with Crippen LogP contribution in [-0.4, -0.2) is 30.3 Å². The molecule has 0 bridgehead atoms. The summed E-state index contributed by atoms with van der Waals surface area (Å²) in [4.78, 5) is 0. The molecule has 0 radical (unpaired) electrons. The van der Waals surface area contributed by atoms with E-state index in [9.17, 15) is 5.11 Å². The average molecular weight is 267 g/mol. The molecule has 0 aliphatic carbocycles. The summed E-state index contributed by atoms with van der Waals surface area (Å²) in [5, 5.41) is 13.1. The van der Waals surface area contributed by atoms with Gasteiger partial charge in [0.15, 0.2) is 0 Å². The highest BCUT2D eigenvalue weighted by Crippen LogP contribution is 2.26. The van der Waals surface area contributed by atoms with Crippen LogP contribution < -0.4 is 5.32 Å². The van der Waals surface area contributed by atoms with E-state index >= 15 is 0 Å². The first-order valence-electron chi connectivity index (χ1n) is 6.57. The predicted molar refractivity (Wildman–Crippen MR) is 81.0 cm³/mol. The molecule has 0 aromatic heterocycles. The van der Waals surface area contributed by atoms with Gasteiger partial charge < -0.3 is 10.4 Å². The van der Waals surface area contributed by atoms with Crippen LogP contribution in [0.4, 0.5) is 0 Å². The summed E-state index contributed by atoms with van der Waals surface area (Å²) in [6.07, 6.45) is 0.946. The Morgan fingerprint density at radius 2 is 1.94 bits per heavy atom. The van der Waals surface area contributed by atoms with Crippen molar-refractivity contribution in [3.8, 4) is 0 Å². The van der Waals surface area contributed by atoms with Crippen LogP contribution in [0.2, 0.25) is 0 Å². The Hall–Kier alpha value is -0.510. The van der Waals surface area contributed by atoms with Crippen LogP contribution in [0, 0.1) is 5.92 Å². The summed E-state index contributed by atoms with van der Waals surface area (Å²) in [5.74, 6) is 2.97. The van der Waals surface area contributed by atoms with E-state index < -0.39 is 0 Å². The minimum atomic E-state index is -0.300. The Morgan fingerprint density at radius 3 is 2.44 bits per heavy atom. The largest absolute Gasteiger partial charge is 0.394 e. The van der Waals surface area contributed by atoms with Crippen molar-refractivity contribution in [2.24, 2.45) is 5.92 Å². The number of thioether (sulfide) groups is 1. The van der Waals surface area contributed by atoms with Crippen molar-refractivity contribution in [1.29, 1.82) is 0 Å². The first-order valence-corrected chi connectivity index (χ1v) is 7.73. The molecule has 1 rings (SSSR count). The zero-order valence-corrected chi connectivity index (χ0v) is 12.5. The van der Waals surface area contributed by atoms with E-state index in [4.69, 9.17) is 0 Å². The Bertz CT molecular complexity index is 323. The number of aliphatic hydroxyl groups is 1. The lowest BCUT2D eigenvalue weighted by molar-refractivity contribution is 0.165. The molecule has 0 saturated carbocycles. The van der Waals surface area contributed by atoms with Gasteiger partial charge in [0.2, 0.25) is 0 Å². The van der Waals surface area contributed by atoms with Crippen molar-refractivity contribution in [2.75, 3.05) is 25.2 Å². The SMILES string of the molecule is CNC(CO)(CCSCC(C)C)c1ccccc1. The van der Waals surface area contributed by atoms with Crippen molar-refractivity contribution in [3.05, 3.63) is 35.9 Å². The maximum absolute atomic E-state index is 9.77. The van der Waals surface area contributed by atoms with Crippen LogP contribution in [0.5, 0.6) is 0 Å². The molecule has 0 amide bonds. The molecule has 1 aromatic carbocycles. The van der Waals surface area contributed by atoms with E-state index in [1.807, 2.05) is 37.0 Å². The van der Waals surface area contributed by atoms with Crippen molar-refractivity contribution < 1.29 is 5.11 Å². The molecule has 18 heavy (non-hydrogen) atoms. The van der Waals surface area contributed by atoms with Crippen LogP contribution in [-0.2, 0) is 5.54 Å². The van der Waals surface area contributed by atoms with Crippen molar-refractivity contribution in [2.45, 2.75) is 25.8 Å². The second-order valence-corrected chi connectivity index (χ2v) is 6.22. The van der Waals surface area contributed by atoms with E-state index in [0.717, 1.165) is 18.1 Å². The Labute approximate surface area is 115 Å². The summed E-state index contributed by atoms with van der Waals surface area (Å²) < 4.78 is 0. The molecule has 0 spiro atoms. The Kier molecular flexibility index (Phi) is 6.76. The highest BCUT2D eigenvalue weighted by molar-refractivity contribution is 7.99. The minimum Gasteiger partial charge on any atom is -0.394 e. The number of hydrogen-bond donors (Lipinski definition) is 2. The third-order valence-electron chi connectivity index (χ3n) is 3.20. The number of hydrogen-bond acceptors (Lipinski definition) is 3. The zero-order valence-electron chi connectivity index (χ0n) is 11.6. The van der Waals surface area contributed by atoms with E-state index in [1.165, 1.54) is 11.3 Å². The zero-order chi connectivity index (χ0) is 13.4. The number of aliphatic hydroxyl groups excluding tert-OH is 1. The van der Waals surface area contributed by atoms with Crippen molar-refractivity contribution >= 4 is 11.8 Å². The lowest BCUT2D eigenvalue weighted by atomic mass is 9.88. The normalized spacial score (nSPS) is 14.7. The third kappa shape index (κ3) is 4.30. The summed E-state index contributed by atoms with van der Waals surface area (Å²) >= 11 is 1.96. The quantitative estimate of drug-likeness (QED) is 0.710. The van der Waals surface area contributed by atoms with Gasteiger partial charge >= 0.3 is 0 Å². The van der Waals surface area contributed by atoms with Gasteiger partial charge in [-0.25, -0.2) is 0 Å². The third-order valence-corrected chi connectivity index (χ3v) is 4.59. The smallest absolute Gasteiger partial charge is 0.0674 e. The Morgan fingerprint density at radius 1 is 1.28 bits per heavy atom. The predicted octanol–water partition coefficient (Wildman–Crippen LogP) is 2.87. The second-order valence-electron chi connectivity index (χ2n) is 5.08. The van der Waals surface area contributed by atoms with Crippen LogP contribution in [0.3, 0.4) is 0 Å². The molecule has 1 unspecified atom stereocenters. The highest BCUT2D eigenvalue weighted by Gasteiger charge is 2.28. The molecular formula is C15H25NOS. The fourth-order valence-electron chi connectivity index (χ4n) is 1.99. The molecule has 102 valence electrons. The number of rotatable bonds is 8. The molecular weight excluding hydrogens is 242 g/mol. The fraction of sp³-hybridized carbons (Fsp3) is 0.600. The molecule has 3 heteroatoms. The number of nitrogens with one attached hydrogen (secondary N) is 1. The van der Waals surface area contributed by atoms with Gasteiger partial charge in [-0.05, 0) is 36.5 Å². The van der Waals surface area contributed by atoms with Crippen LogP contribution in [0.25, 0.3) is 0 Å². The lowest BCUT2D eigenvalue weighted by Gasteiger charge is -2.32. The van der Waals surface area contributed by atoms with Crippen LogP contribution >= 0.6 is 11.8 Å². The highest BCUT2D eigenvalue weighted by atomic mass is 32.2. The molecule has 1 atom stereocenters. The molecule has 0 saturated heterocycles. The summed E-state index contributed by atoms with van der Waals surface area (Å²) in [7, 11) is 1.93. The van der Waals surface area contributed by atoms with Crippen LogP contribution in [0.15, 0.2) is 30.3 Å². The summed E-state index contributed by atoms with van der Waals surface area (Å²) in [6.45, 7) is 4.61. The molecule has 0 aliphatic heterocycles. The molecule has 2 N–H and O–H groups in total.